The molecule has 16 nitrogen and oxygen atoms in total. The maximum Gasteiger partial charge on any atom is 1.00 e. The Morgan fingerprint density at radius 2 is 1.40 bits per heavy atom. The topological polar surface area (TPSA) is 269 Å². The van der Waals surface area contributed by atoms with E-state index in [0.717, 1.165) is 36.4 Å². The summed E-state index contributed by atoms with van der Waals surface area (Å²) in [5, 5.41) is 19.7. The van der Waals surface area contributed by atoms with Gasteiger partial charge in [0.05, 0.1) is 34.9 Å². The predicted molar refractivity (Wildman–Crippen MR) is 126 cm³/mol. The summed E-state index contributed by atoms with van der Waals surface area (Å²) in [7, 11) is -18.4. The average molecular weight is 693 g/mol. The second kappa shape index (κ2) is 15.9. The molecule has 0 spiro atoms. The van der Waals surface area contributed by atoms with Crippen molar-refractivity contribution in [2.75, 3.05) is 19.5 Å². The minimum atomic E-state index is -5.41. The molecule has 0 unspecified atom stereocenters. The zero-order valence-electron chi connectivity index (χ0n) is 22.2. The van der Waals surface area contributed by atoms with Crippen LogP contribution in [0.5, 0.6) is 11.5 Å². The van der Waals surface area contributed by atoms with Crippen LogP contribution < -0.4 is 98.5 Å². The van der Waals surface area contributed by atoms with Gasteiger partial charge in [-0.25, -0.2) is 29.4 Å². The van der Waals surface area contributed by atoms with E-state index in [1.807, 2.05) is 0 Å². The molecule has 3 rings (SSSR count). The first kappa shape index (κ1) is 41.8. The van der Waals surface area contributed by atoms with Gasteiger partial charge in [-0.05, 0) is 41.8 Å². The number of ether oxygens (including phenoxy) is 1. The van der Waals surface area contributed by atoms with Crippen molar-refractivity contribution in [1.82, 2.24) is 0 Å². The van der Waals surface area contributed by atoms with Gasteiger partial charge >= 0.3 is 99.1 Å². The molecule has 0 aliphatic carbocycles. The van der Waals surface area contributed by atoms with Gasteiger partial charge in [-0.3, -0.25) is 4.55 Å². The molecule has 0 saturated carbocycles. The standard InChI is InChI=1S/C19H18N2O14S4.3Na/c1-34-16-5-3-12(36(23,24)7-6-35-39(31,32)33)10-15(16)20-21-18-14-4-2-13(37(25,26)27)8-11(14)9-17(19(18)22)38(28,29)30;;;/h2-5,8-10,22H,6-7H2,1H3,(H,25,26,27)(H,28,29,30)(H,31,32,33);;;/q;3*+1/p-3. The number of benzene rings is 3. The predicted octanol–water partition coefficient (Wildman–Crippen LogP) is -8.25. The van der Waals surface area contributed by atoms with Crippen LogP contribution in [0.2, 0.25) is 0 Å². The monoisotopic (exact) mass is 692 g/mol. The summed E-state index contributed by atoms with van der Waals surface area (Å²) in [6.07, 6.45) is 0. The van der Waals surface area contributed by atoms with Crippen LogP contribution in [-0.2, 0) is 44.7 Å². The first-order valence-corrected chi connectivity index (χ1v) is 15.8. The van der Waals surface area contributed by atoms with Crippen LogP contribution in [0.15, 0.2) is 67.4 Å². The summed E-state index contributed by atoms with van der Waals surface area (Å²) in [6, 6.07) is 6.19. The number of methoxy groups -OCH3 is 1. The number of hydrogen-bond donors (Lipinski definition) is 1. The summed E-state index contributed by atoms with van der Waals surface area (Å²) >= 11 is 0. The third-order valence-electron chi connectivity index (χ3n) is 4.91. The zero-order chi connectivity index (χ0) is 29.4. The van der Waals surface area contributed by atoms with Crippen LogP contribution in [0.4, 0.5) is 11.4 Å². The zero-order valence-corrected chi connectivity index (χ0v) is 31.5. The molecule has 212 valence electrons. The van der Waals surface area contributed by atoms with Gasteiger partial charge in [0.2, 0.25) is 0 Å². The van der Waals surface area contributed by atoms with Crippen LogP contribution >= 0.6 is 0 Å². The molecular weight excluding hydrogens is 677 g/mol. The van der Waals surface area contributed by atoms with Crippen molar-refractivity contribution in [1.29, 1.82) is 0 Å². The maximum absolute atomic E-state index is 12.8. The minimum absolute atomic E-state index is 0. The molecule has 0 aliphatic heterocycles. The van der Waals surface area contributed by atoms with E-state index in [-0.39, 0.29) is 111 Å². The summed E-state index contributed by atoms with van der Waals surface area (Å²) in [5.41, 5.74) is -1.08. The van der Waals surface area contributed by atoms with Crippen LogP contribution in [0.1, 0.15) is 0 Å². The van der Waals surface area contributed by atoms with Gasteiger partial charge in [-0.15, -0.1) is 5.11 Å². The molecule has 0 amide bonds. The Hall–Kier alpha value is -0.240. The number of rotatable bonds is 10. The van der Waals surface area contributed by atoms with Gasteiger partial charge in [-0.2, -0.15) is 13.5 Å². The Bertz CT molecular complexity index is 1930. The molecule has 0 aliphatic rings. The second-order valence-electron chi connectivity index (χ2n) is 7.45. The average Bonchev–Trinajstić information content (AvgIpc) is 2.80. The van der Waals surface area contributed by atoms with Crippen molar-refractivity contribution >= 4 is 62.6 Å². The van der Waals surface area contributed by atoms with E-state index in [1.165, 1.54) is 7.11 Å². The SMILES string of the molecule is COc1ccc(S(=O)(=O)CCOS(=O)(=O)O)cc1N=Nc1c([O-])c(S(=O)(=O)[O-])cc2cc(S(=O)(=O)[O-])ccc12.[Na+].[Na+].[Na+]. The van der Waals surface area contributed by atoms with E-state index in [0.29, 0.717) is 6.07 Å². The summed E-state index contributed by atoms with van der Waals surface area (Å²) < 4.78 is 133. The van der Waals surface area contributed by atoms with E-state index in [2.05, 4.69) is 14.4 Å². The van der Waals surface area contributed by atoms with Crippen molar-refractivity contribution in [3.8, 4) is 11.5 Å². The van der Waals surface area contributed by atoms with Crippen molar-refractivity contribution < 1.29 is 150 Å². The van der Waals surface area contributed by atoms with Crippen molar-refractivity contribution in [2.24, 2.45) is 10.2 Å². The maximum atomic E-state index is 12.8. The normalized spacial score (nSPS) is 12.3. The van der Waals surface area contributed by atoms with Crippen LogP contribution in [-0.4, -0.2) is 66.8 Å². The minimum Gasteiger partial charge on any atom is -0.870 e. The van der Waals surface area contributed by atoms with E-state index in [1.54, 1.807) is 0 Å². The number of fused-ring (bicyclic) bond motifs is 1. The molecule has 0 aromatic heterocycles. The largest absolute Gasteiger partial charge is 1.00 e. The summed E-state index contributed by atoms with van der Waals surface area (Å²) in [4.78, 5) is -2.54. The Labute approximate surface area is 307 Å². The van der Waals surface area contributed by atoms with E-state index in [4.69, 9.17) is 9.29 Å². The Morgan fingerprint density at radius 3 is 1.93 bits per heavy atom. The molecule has 0 bridgehead atoms. The van der Waals surface area contributed by atoms with Crippen LogP contribution in [0.3, 0.4) is 0 Å². The first-order valence-electron chi connectivity index (χ1n) is 9.97. The van der Waals surface area contributed by atoms with Crippen LogP contribution in [0.25, 0.3) is 10.8 Å². The Morgan fingerprint density at radius 1 is 0.810 bits per heavy atom. The molecule has 0 saturated heterocycles. The molecule has 3 aromatic carbocycles. The number of sulfone groups is 1. The molecule has 1 N–H and O–H groups in total. The van der Waals surface area contributed by atoms with Gasteiger partial charge in [0, 0.05) is 10.3 Å². The second-order valence-corrected chi connectivity index (χ2v) is 13.4. The molecule has 0 radical (unpaired) electrons. The van der Waals surface area contributed by atoms with E-state index < -0.39 is 79.0 Å². The summed E-state index contributed by atoms with van der Waals surface area (Å²) in [5.74, 6) is -2.39. The van der Waals surface area contributed by atoms with Crippen molar-refractivity contribution in [2.45, 2.75) is 14.7 Å². The molecule has 0 atom stereocenters. The molecular formula is C19H15N2Na3O14S4. The quantitative estimate of drug-likeness (QED) is 0.117. The third-order valence-corrected chi connectivity index (χ3v) is 8.73. The van der Waals surface area contributed by atoms with Crippen molar-refractivity contribution in [3.05, 3.63) is 42.5 Å². The molecule has 3 aromatic rings. The smallest absolute Gasteiger partial charge is 0.870 e. The van der Waals surface area contributed by atoms with Gasteiger partial charge in [0.25, 0.3) is 0 Å². The van der Waals surface area contributed by atoms with Crippen LogP contribution in [0, 0.1) is 0 Å². The summed E-state index contributed by atoms with van der Waals surface area (Å²) in [6.45, 7) is -0.924. The molecule has 42 heavy (non-hydrogen) atoms. The molecule has 0 fully saturated rings. The van der Waals surface area contributed by atoms with Gasteiger partial charge in [0.15, 0.2) is 9.84 Å². The van der Waals surface area contributed by atoms with Crippen molar-refractivity contribution in [3.63, 3.8) is 0 Å². The molecule has 0 heterocycles. The van der Waals surface area contributed by atoms with E-state index in [9.17, 15) is 47.9 Å². The van der Waals surface area contributed by atoms with Gasteiger partial charge < -0.3 is 18.9 Å². The third kappa shape index (κ3) is 10.7. The molecule has 23 heteroatoms. The number of nitrogens with zero attached hydrogens (tertiary/aromatic N) is 2. The Kier molecular flexibility index (Phi) is 15.8. The fraction of sp³-hybridized carbons (Fsp3) is 0.158. The fourth-order valence-corrected chi connectivity index (χ4v) is 5.78. The first-order chi connectivity index (χ1) is 17.8. The Balaban J connectivity index is 0.00000560. The number of azo groups is 1. The fourth-order valence-electron chi connectivity index (χ4n) is 3.17. The van der Waals surface area contributed by atoms with Gasteiger partial charge in [0.1, 0.15) is 31.7 Å². The van der Waals surface area contributed by atoms with Gasteiger partial charge in [-0.1, -0.05) is 11.8 Å². The number of hydrogen-bond acceptors (Lipinski definition) is 15. The van der Waals surface area contributed by atoms with E-state index >= 15 is 0 Å².